The fourth-order valence-electron chi connectivity index (χ4n) is 2.00. The van der Waals surface area contributed by atoms with Crippen LogP contribution in [0.4, 0.5) is 27.8 Å². The lowest BCUT2D eigenvalue weighted by atomic mass is 10.3. The summed E-state index contributed by atoms with van der Waals surface area (Å²) in [4.78, 5) is 7.02. The molecule has 132 valence electrons. The lowest BCUT2D eigenvalue weighted by Gasteiger charge is -2.12. The summed E-state index contributed by atoms with van der Waals surface area (Å²) in [6.45, 7) is 0.0696. The third-order valence-corrected chi connectivity index (χ3v) is 3.11. The molecule has 0 atom stereocenters. The Labute approximate surface area is 137 Å². The van der Waals surface area contributed by atoms with Crippen LogP contribution >= 0.6 is 0 Å². The minimum Gasteiger partial charge on any atom is -0.492 e. The number of nitrogens with zero attached hydrogens (tertiary/aromatic N) is 4. The lowest BCUT2D eigenvalue weighted by Crippen LogP contribution is -2.17. The van der Waals surface area contributed by atoms with Crippen molar-refractivity contribution in [3.8, 4) is 5.75 Å². The molecule has 6 nitrogen and oxygen atoms in total. The quantitative estimate of drug-likeness (QED) is 0.561. The largest absolute Gasteiger partial charge is 0.492 e. The molecule has 11 heteroatoms. The number of benzene rings is 1. The molecule has 0 radical (unpaired) electrons. The predicted molar refractivity (Wildman–Crippen MR) is 76.1 cm³/mol. The fourth-order valence-corrected chi connectivity index (χ4v) is 2.00. The zero-order valence-corrected chi connectivity index (χ0v) is 12.4. The van der Waals surface area contributed by atoms with Crippen LogP contribution in [0.2, 0.25) is 0 Å². The Morgan fingerprint density at radius 3 is 2.64 bits per heavy atom. The van der Waals surface area contributed by atoms with Crippen LogP contribution in [0.5, 0.6) is 5.75 Å². The van der Waals surface area contributed by atoms with Crippen LogP contribution in [-0.2, 0) is 6.18 Å². The first-order valence-electron chi connectivity index (χ1n) is 6.94. The van der Waals surface area contributed by atoms with Crippen LogP contribution in [0.15, 0.2) is 30.6 Å². The van der Waals surface area contributed by atoms with Crippen molar-refractivity contribution < 1.29 is 26.7 Å². The maximum atomic E-state index is 13.0. The summed E-state index contributed by atoms with van der Waals surface area (Å²) >= 11 is 0. The minimum atomic E-state index is -4.63. The van der Waals surface area contributed by atoms with Gasteiger partial charge in [0.2, 0.25) is 0 Å². The van der Waals surface area contributed by atoms with Crippen molar-refractivity contribution >= 4 is 11.6 Å². The first kappa shape index (κ1) is 16.9. The van der Waals surface area contributed by atoms with Crippen molar-refractivity contribution in [1.82, 2.24) is 19.6 Å². The van der Waals surface area contributed by atoms with Gasteiger partial charge < -0.3 is 10.1 Å². The van der Waals surface area contributed by atoms with Gasteiger partial charge in [-0.2, -0.15) is 27.8 Å². The molecular weight excluding hydrogens is 349 g/mol. The van der Waals surface area contributed by atoms with E-state index < -0.39 is 23.5 Å². The number of ether oxygens (including phenoxy) is 1. The van der Waals surface area contributed by atoms with Crippen LogP contribution in [0.3, 0.4) is 0 Å². The summed E-state index contributed by atoms with van der Waals surface area (Å²) in [6, 6.07) is 3.82. The topological polar surface area (TPSA) is 64.3 Å². The molecule has 0 aliphatic carbocycles. The summed E-state index contributed by atoms with van der Waals surface area (Å²) in [5.74, 6) is -2.16. The summed E-state index contributed by atoms with van der Waals surface area (Å²) < 4.78 is 70.7. The zero-order valence-electron chi connectivity index (χ0n) is 12.4. The lowest BCUT2D eigenvalue weighted by molar-refractivity contribution is -0.141. The molecule has 25 heavy (non-hydrogen) atoms. The zero-order chi connectivity index (χ0) is 18.0. The maximum absolute atomic E-state index is 13.0. The molecule has 0 unspecified atom stereocenters. The van der Waals surface area contributed by atoms with Crippen LogP contribution in [0.1, 0.15) is 5.69 Å². The molecule has 0 spiro atoms. The van der Waals surface area contributed by atoms with Crippen molar-refractivity contribution in [3.05, 3.63) is 47.9 Å². The monoisotopic (exact) mass is 359 g/mol. The van der Waals surface area contributed by atoms with Crippen molar-refractivity contribution in [2.24, 2.45) is 0 Å². The van der Waals surface area contributed by atoms with Crippen molar-refractivity contribution in [2.45, 2.75) is 6.18 Å². The normalized spacial score (nSPS) is 11.7. The van der Waals surface area contributed by atoms with Crippen LogP contribution < -0.4 is 10.1 Å². The van der Waals surface area contributed by atoms with Crippen LogP contribution in [0.25, 0.3) is 5.78 Å². The number of rotatable bonds is 5. The predicted octanol–water partition coefficient (Wildman–Crippen LogP) is 2.91. The van der Waals surface area contributed by atoms with E-state index >= 15 is 0 Å². The Morgan fingerprint density at radius 2 is 1.92 bits per heavy atom. The highest BCUT2D eigenvalue weighted by Gasteiger charge is 2.34. The summed E-state index contributed by atoms with van der Waals surface area (Å²) in [5, 5.41) is 6.49. The number of hydrogen-bond donors (Lipinski definition) is 1. The summed E-state index contributed by atoms with van der Waals surface area (Å²) in [6.07, 6.45) is -3.56. The highest BCUT2D eigenvalue weighted by molar-refractivity contribution is 5.45. The Hall–Kier alpha value is -2.98. The smallest absolute Gasteiger partial charge is 0.433 e. The molecule has 0 amide bonds. The van der Waals surface area contributed by atoms with Gasteiger partial charge in [-0.15, -0.1) is 0 Å². The minimum absolute atomic E-state index is 0.00899. The van der Waals surface area contributed by atoms with E-state index in [0.29, 0.717) is 0 Å². The van der Waals surface area contributed by atoms with Crippen molar-refractivity contribution in [1.29, 1.82) is 0 Å². The van der Waals surface area contributed by atoms with E-state index in [0.717, 1.165) is 29.0 Å². The highest BCUT2D eigenvalue weighted by atomic mass is 19.4. The highest BCUT2D eigenvalue weighted by Crippen LogP contribution is 2.29. The molecule has 2 aromatic heterocycles. The SMILES string of the molecule is Fc1ccc(OCCNc2cc(C(F)(F)F)nc3ncnn23)cc1F. The molecule has 0 fully saturated rings. The van der Waals surface area contributed by atoms with Crippen molar-refractivity contribution in [2.75, 3.05) is 18.5 Å². The van der Waals surface area contributed by atoms with Gasteiger partial charge in [-0.25, -0.2) is 13.8 Å². The van der Waals surface area contributed by atoms with Gasteiger partial charge in [-0.3, -0.25) is 0 Å². The Balaban J connectivity index is 1.68. The fraction of sp³-hybridized carbons (Fsp3) is 0.214. The molecule has 3 aromatic rings. The van der Waals surface area contributed by atoms with Gasteiger partial charge in [0.1, 0.15) is 24.5 Å². The molecule has 0 aliphatic heterocycles. The molecule has 1 N–H and O–H groups in total. The van der Waals surface area contributed by atoms with E-state index in [1.54, 1.807) is 0 Å². The summed E-state index contributed by atoms with van der Waals surface area (Å²) in [5.41, 5.74) is -1.11. The molecule has 0 saturated heterocycles. The van der Waals surface area contributed by atoms with Gasteiger partial charge in [0.05, 0.1) is 6.54 Å². The van der Waals surface area contributed by atoms with E-state index in [-0.39, 0.29) is 30.5 Å². The molecule has 3 rings (SSSR count). The third kappa shape index (κ3) is 3.75. The van der Waals surface area contributed by atoms with Crippen LogP contribution in [-0.4, -0.2) is 32.7 Å². The van der Waals surface area contributed by atoms with Gasteiger partial charge in [0.15, 0.2) is 17.3 Å². The number of aromatic nitrogens is 4. The second-order valence-electron chi connectivity index (χ2n) is 4.85. The number of fused-ring (bicyclic) bond motifs is 1. The average Bonchev–Trinajstić information content (AvgIpc) is 3.02. The molecule has 2 heterocycles. The Bertz CT molecular complexity index is 895. The number of halogens is 5. The molecular formula is C14H10F5N5O. The Kier molecular flexibility index (Phi) is 4.38. The van der Waals surface area contributed by atoms with E-state index in [9.17, 15) is 22.0 Å². The van der Waals surface area contributed by atoms with Gasteiger partial charge >= 0.3 is 6.18 Å². The van der Waals surface area contributed by atoms with E-state index in [2.05, 4.69) is 20.4 Å². The first-order valence-corrected chi connectivity index (χ1v) is 6.94. The second kappa shape index (κ2) is 6.49. The van der Waals surface area contributed by atoms with Crippen LogP contribution in [0, 0.1) is 11.6 Å². The third-order valence-electron chi connectivity index (χ3n) is 3.11. The molecule has 0 bridgehead atoms. The maximum Gasteiger partial charge on any atom is 0.433 e. The number of alkyl halides is 3. The average molecular weight is 359 g/mol. The first-order chi connectivity index (χ1) is 11.8. The van der Waals surface area contributed by atoms with Gasteiger partial charge in [0.25, 0.3) is 5.78 Å². The van der Waals surface area contributed by atoms with Crippen molar-refractivity contribution in [3.63, 3.8) is 0 Å². The van der Waals surface area contributed by atoms with E-state index in [1.807, 2.05) is 0 Å². The summed E-state index contributed by atoms with van der Waals surface area (Å²) in [7, 11) is 0. The van der Waals surface area contributed by atoms with Gasteiger partial charge in [-0.05, 0) is 12.1 Å². The molecule has 1 aromatic carbocycles. The van der Waals surface area contributed by atoms with E-state index in [4.69, 9.17) is 4.74 Å². The molecule has 0 aliphatic rings. The number of hydrogen-bond acceptors (Lipinski definition) is 5. The molecule has 0 saturated carbocycles. The van der Waals surface area contributed by atoms with Gasteiger partial charge in [-0.1, -0.05) is 0 Å². The second-order valence-corrected chi connectivity index (χ2v) is 4.85. The van der Waals surface area contributed by atoms with Gasteiger partial charge in [0, 0.05) is 12.1 Å². The standard InChI is InChI=1S/C14H10F5N5O/c15-9-2-1-8(5-10(9)16)25-4-3-20-12-6-11(14(17,18)19)23-13-21-7-22-24(12)13/h1-2,5-7,20H,3-4H2. The Morgan fingerprint density at radius 1 is 1.12 bits per heavy atom. The number of anilines is 1. The number of nitrogens with one attached hydrogen (secondary N) is 1. The van der Waals surface area contributed by atoms with E-state index in [1.165, 1.54) is 6.07 Å².